The molecule has 0 saturated heterocycles. The van der Waals surface area contributed by atoms with Gasteiger partial charge in [0.2, 0.25) is 5.91 Å². The van der Waals surface area contributed by atoms with Crippen molar-refractivity contribution >= 4 is 27.3 Å². The summed E-state index contributed by atoms with van der Waals surface area (Å²) in [6.45, 7) is 3.01. The van der Waals surface area contributed by atoms with Crippen LogP contribution < -0.4 is 19.9 Å². The molecule has 0 radical (unpaired) electrons. The predicted molar refractivity (Wildman–Crippen MR) is 143 cm³/mol. The molecule has 1 N–H and O–H groups in total. The van der Waals surface area contributed by atoms with Gasteiger partial charge in [0.15, 0.2) is 0 Å². The average molecular weight is 521 g/mol. The Kier molecular flexibility index (Phi) is 7.21. The summed E-state index contributed by atoms with van der Waals surface area (Å²) in [5.41, 5.74) is 1.97. The molecule has 0 atom stereocenters. The molecule has 0 unspecified atom stereocenters. The molecule has 4 rings (SSSR count). The van der Waals surface area contributed by atoms with Gasteiger partial charge in [0, 0.05) is 13.1 Å². The maximum Gasteiger partial charge on any atom is 0.295 e. The number of sulfonamides is 1. The summed E-state index contributed by atoms with van der Waals surface area (Å²) >= 11 is 0. The summed E-state index contributed by atoms with van der Waals surface area (Å²) in [5, 5.41) is 2.64. The normalized spacial score (nSPS) is 11.2. The third-order valence-electron chi connectivity index (χ3n) is 6.06. The zero-order chi connectivity index (χ0) is 26.7. The summed E-state index contributed by atoms with van der Waals surface area (Å²) in [4.78, 5) is 26.5. The monoisotopic (exact) mass is 520 g/mol. The van der Waals surface area contributed by atoms with Crippen molar-refractivity contribution in [3.63, 3.8) is 0 Å². The first-order valence-corrected chi connectivity index (χ1v) is 12.9. The number of hydrogen-bond donors (Lipinski definition) is 1. The van der Waals surface area contributed by atoms with Gasteiger partial charge in [0.05, 0.1) is 29.1 Å². The molecule has 0 aliphatic carbocycles. The van der Waals surface area contributed by atoms with E-state index in [4.69, 9.17) is 4.74 Å². The zero-order valence-electron chi connectivity index (χ0n) is 21.0. The number of ether oxygens (including phenoxy) is 1. The van der Waals surface area contributed by atoms with Crippen molar-refractivity contribution in [1.29, 1.82) is 0 Å². The minimum atomic E-state index is -4.12. The van der Waals surface area contributed by atoms with Crippen LogP contribution in [0.2, 0.25) is 0 Å². The second-order valence-electron chi connectivity index (χ2n) is 8.51. The number of carbonyl (C=O) groups excluding carboxylic acids is 1. The number of carbonyl (C=O) groups is 1. The fourth-order valence-corrected chi connectivity index (χ4v) is 5.35. The van der Waals surface area contributed by atoms with Crippen molar-refractivity contribution in [2.24, 2.45) is 7.05 Å². The van der Waals surface area contributed by atoms with Crippen molar-refractivity contribution < 1.29 is 17.9 Å². The van der Waals surface area contributed by atoms with E-state index in [9.17, 15) is 18.0 Å². The molecule has 1 aromatic heterocycles. The van der Waals surface area contributed by atoms with Crippen LogP contribution in [0.25, 0.3) is 5.69 Å². The summed E-state index contributed by atoms with van der Waals surface area (Å²) in [6.07, 6.45) is 0. The van der Waals surface area contributed by atoms with Gasteiger partial charge in [-0.1, -0.05) is 42.0 Å². The highest BCUT2D eigenvalue weighted by molar-refractivity contribution is 7.92. The van der Waals surface area contributed by atoms with Crippen molar-refractivity contribution in [3.8, 4) is 11.4 Å². The largest absolute Gasteiger partial charge is 0.497 e. The maximum atomic E-state index is 13.6. The molecule has 10 heteroatoms. The van der Waals surface area contributed by atoms with E-state index in [1.807, 2.05) is 25.1 Å². The predicted octanol–water partition coefficient (Wildman–Crippen LogP) is 3.64. The van der Waals surface area contributed by atoms with Crippen LogP contribution in [0.5, 0.6) is 5.75 Å². The number of para-hydroxylation sites is 1. The first-order valence-electron chi connectivity index (χ1n) is 11.5. The van der Waals surface area contributed by atoms with Crippen LogP contribution in [0, 0.1) is 13.8 Å². The summed E-state index contributed by atoms with van der Waals surface area (Å²) in [6, 6.07) is 21.8. The Balaban J connectivity index is 1.71. The molecule has 0 saturated carbocycles. The van der Waals surface area contributed by atoms with E-state index in [2.05, 4.69) is 5.32 Å². The first-order chi connectivity index (χ1) is 17.6. The smallest absolute Gasteiger partial charge is 0.295 e. The van der Waals surface area contributed by atoms with Crippen LogP contribution in [0.1, 0.15) is 11.3 Å². The Morgan fingerprint density at radius 2 is 1.65 bits per heavy atom. The van der Waals surface area contributed by atoms with Crippen LogP contribution in [-0.2, 0) is 21.9 Å². The molecule has 0 aliphatic rings. The van der Waals surface area contributed by atoms with E-state index in [0.717, 1.165) is 9.87 Å². The van der Waals surface area contributed by atoms with Gasteiger partial charge in [-0.15, -0.1) is 0 Å². The number of amides is 1. The molecule has 1 amide bonds. The topological polar surface area (TPSA) is 103 Å². The lowest BCUT2D eigenvalue weighted by atomic mass is 10.2. The van der Waals surface area contributed by atoms with E-state index >= 15 is 0 Å². The standard InChI is InChI=1S/C27H28N4O5S/c1-19-13-15-24(16-14-19)37(34,35)30(22-11-8-12-23(17-22)36-4)18-25(32)28-26-20(2)29(3)31(27(26)33)21-9-6-5-7-10-21/h5-17H,18H2,1-4H3,(H,28,32). The molecule has 4 aromatic rings. The molecule has 0 fully saturated rings. The highest BCUT2D eigenvalue weighted by Crippen LogP contribution is 2.27. The van der Waals surface area contributed by atoms with Gasteiger partial charge < -0.3 is 10.1 Å². The number of anilines is 2. The third kappa shape index (κ3) is 5.14. The maximum absolute atomic E-state index is 13.6. The molecular formula is C27H28N4O5S. The Labute approximate surface area is 215 Å². The molecule has 37 heavy (non-hydrogen) atoms. The lowest BCUT2D eigenvalue weighted by Crippen LogP contribution is -2.38. The van der Waals surface area contributed by atoms with Gasteiger partial charge in [0.1, 0.15) is 18.0 Å². The van der Waals surface area contributed by atoms with Crippen molar-refractivity contribution in [2.75, 3.05) is 23.3 Å². The quantitative estimate of drug-likeness (QED) is 0.382. The Hall–Kier alpha value is -4.31. The third-order valence-corrected chi connectivity index (χ3v) is 7.84. The fourth-order valence-electron chi connectivity index (χ4n) is 3.94. The Morgan fingerprint density at radius 1 is 0.973 bits per heavy atom. The molecule has 0 aliphatic heterocycles. The van der Waals surface area contributed by atoms with Gasteiger partial charge in [-0.05, 0) is 50.2 Å². The molecule has 3 aromatic carbocycles. The SMILES string of the molecule is COc1cccc(N(CC(=O)Nc2c(C)n(C)n(-c3ccccc3)c2=O)S(=O)(=O)c2ccc(C)cc2)c1. The van der Waals surface area contributed by atoms with Gasteiger partial charge in [-0.3, -0.25) is 18.6 Å². The molecular weight excluding hydrogens is 492 g/mol. The van der Waals surface area contributed by atoms with E-state index in [1.54, 1.807) is 61.1 Å². The van der Waals surface area contributed by atoms with Gasteiger partial charge in [-0.25, -0.2) is 13.1 Å². The van der Waals surface area contributed by atoms with E-state index in [1.165, 1.54) is 30.0 Å². The molecule has 1 heterocycles. The minimum Gasteiger partial charge on any atom is -0.497 e. The number of aryl methyl sites for hydroxylation is 1. The fraction of sp³-hybridized carbons (Fsp3) is 0.185. The number of rotatable bonds is 8. The molecule has 0 spiro atoms. The molecule has 9 nitrogen and oxygen atoms in total. The van der Waals surface area contributed by atoms with E-state index in [0.29, 0.717) is 17.1 Å². The lowest BCUT2D eigenvalue weighted by Gasteiger charge is -2.24. The van der Waals surface area contributed by atoms with Gasteiger partial charge in [0.25, 0.3) is 15.6 Å². The van der Waals surface area contributed by atoms with E-state index in [-0.39, 0.29) is 16.3 Å². The highest BCUT2D eigenvalue weighted by Gasteiger charge is 2.28. The number of benzene rings is 3. The highest BCUT2D eigenvalue weighted by atomic mass is 32.2. The van der Waals surface area contributed by atoms with Gasteiger partial charge in [-0.2, -0.15) is 0 Å². The van der Waals surface area contributed by atoms with Crippen LogP contribution in [0.15, 0.2) is 88.6 Å². The van der Waals surface area contributed by atoms with Crippen molar-refractivity contribution in [2.45, 2.75) is 18.7 Å². The Morgan fingerprint density at radius 3 is 2.30 bits per heavy atom. The first kappa shape index (κ1) is 25.8. The lowest BCUT2D eigenvalue weighted by molar-refractivity contribution is -0.114. The van der Waals surface area contributed by atoms with Gasteiger partial charge >= 0.3 is 0 Å². The van der Waals surface area contributed by atoms with E-state index < -0.39 is 28.0 Å². The number of methoxy groups -OCH3 is 1. The van der Waals surface area contributed by atoms with Crippen LogP contribution in [0.4, 0.5) is 11.4 Å². The van der Waals surface area contributed by atoms with Crippen molar-refractivity contribution in [1.82, 2.24) is 9.36 Å². The van der Waals surface area contributed by atoms with Crippen LogP contribution in [-0.4, -0.2) is 37.3 Å². The second kappa shape index (κ2) is 10.4. The second-order valence-corrected chi connectivity index (χ2v) is 10.4. The number of hydrogen-bond acceptors (Lipinski definition) is 5. The number of nitrogens with one attached hydrogen (secondary N) is 1. The Bertz CT molecular complexity index is 1590. The van der Waals surface area contributed by atoms with Crippen LogP contribution in [0.3, 0.4) is 0 Å². The molecule has 0 bridgehead atoms. The summed E-state index contributed by atoms with van der Waals surface area (Å²) in [5.74, 6) is -0.226. The summed E-state index contributed by atoms with van der Waals surface area (Å²) < 4.78 is 36.6. The van der Waals surface area contributed by atoms with Crippen molar-refractivity contribution in [3.05, 3.63) is 100 Å². The summed E-state index contributed by atoms with van der Waals surface area (Å²) in [7, 11) is -0.936. The van der Waals surface area contributed by atoms with Crippen LogP contribution >= 0.6 is 0 Å². The molecule has 192 valence electrons. The average Bonchev–Trinajstić information content (AvgIpc) is 3.10. The number of nitrogens with zero attached hydrogens (tertiary/aromatic N) is 3. The number of aromatic nitrogens is 2. The zero-order valence-corrected chi connectivity index (χ0v) is 21.8. The minimum absolute atomic E-state index is 0.0380.